The molecule has 5 N–H and O–H groups in total. The first-order valence-corrected chi connectivity index (χ1v) is 10.5. The summed E-state index contributed by atoms with van der Waals surface area (Å²) in [6.07, 6.45) is -2.68. The van der Waals surface area contributed by atoms with Crippen molar-refractivity contribution < 1.29 is 31.8 Å². The first-order chi connectivity index (χ1) is 13.7. The standard InChI is InChI=1S/C14H16F2N6O5S2/c15-12(16)8-2-1-3-9(6-8)19-13(20-24)11-14(22-27-21-11)28-5-4-18-10(23)7-29(17,25)26/h1-3,6,12,24H,4-5,7H2,(H,18,23)(H,19,20)(H2,17,25,26). The third kappa shape index (κ3) is 7.37. The van der Waals surface area contributed by atoms with Crippen LogP contribution in [0.3, 0.4) is 0 Å². The number of alkyl halides is 2. The second kappa shape index (κ2) is 10.2. The minimum Gasteiger partial charge on any atom is -0.354 e. The first kappa shape index (κ1) is 22.7. The third-order valence-corrected chi connectivity index (χ3v) is 4.76. The fourth-order valence-corrected chi connectivity index (χ4v) is 3.20. The first-order valence-electron chi connectivity index (χ1n) is 7.79. The fraction of sp³-hybridized carbons (Fsp3) is 0.286. The van der Waals surface area contributed by atoms with Gasteiger partial charge in [0.15, 0.2) is 16.6 Å². The molecule has 0 fully saturated rings. The predicted octanol–water partition coefficient (Wildman–Crippen LogP) is 0.561. The van der Waals surface area contributed by atoms with E-state index in [1.165, 1.54) is 18.2 Å². The zero-order valence-electron chi connectivity index (χ0n) is 14.6. The molecule has 0 unspecified atom stereocenters. The van der Waals surface area contributed by atoms with Gasteiger partial charge in [0, 0.05) is 17.9 Å². The van der Waals surface area contributed by atoms with E-state index in [-0.39, 0.29) is 40.1 Å². The molecule has 158 valence electrons. The third-order valence-electron chi connectivity index (χ3n) is 3.15. The van der Waals surface area contributed by atoms with Crippen LogP contribution in [0.5, 0.6) is 0 Å². The Kier molecular flexibility index (Phi) is 8.00. The smallest absolute Gasteiger partial charge is 0.263 e. The number of rotatable bonds is 9. The number of carbonyl (C=O) groups is 1. The van der Waals surface area contributed by atoms with E-state index in [4.69, 9.17) is 5.14 Å². The number of nitrogens with two attached hydrogens (primary N) is 1. The van der Waals surface area contributed by atoms with Crippen molar-refractivity contribution in [2.45, 2.75) is 11.5 Å². The molecule has 2 aromatic rings. The lowest BCUT2D eigenvalue weighted by molar-refractivity contribution is -0.118. The van der Waals surface area contributed by atoms with Crippen LogP contribution in [0, 0.1) is 0 Å². The quantitative estimate of drug-likeness (QED) is 0.140. The van der Waals surface area contributed by atoms with E-state index in [1.807, 2.05) is 5.48 Å². The van der Waals surface area contributed by atoms with Gasteiger partial charge in [-0.1, -0.05) is 23.9 Å². The van der Waals surface area contributed by atoms with Crippen LogP contribution in [0.15, 0.2) is 38.9 Å². The summed E-state index contributed by atoms with van der Waals surface area (Å²) in [5, 5.41) is 23.9. The molecule has 0 bridgehead atoms. The largest absolute Gasteiger partial charge is 0.354 e. The number of thioether (sulfide) groups is 1. The topological polar surface area (TPSA) is 173 Å². The molecule has 0 atom stereocenters. The van der Waals surface area contributed by atoms with E-state index in [0.29, 0.717) is 0 Å². The van der Waals surface area contributed by atoms with Crippen LogP contribution in [0.25, 0.3) is 0 Å². The number of amides is 1. The average Bonchev–Trinajstić information content (AvgIpc) is 3.10. The van der Waals surface area contributed by atoms with Crippen LogP contribution < -0.4 is 15.9 Å². The highest BCUT2D eigenvalue weighted by atomic mass is 32.2. The lowest BCUT2D eigenvalue weighted by Gasteiger charge is -2.05. The van der Waals surface area contributed by atoms with E-state index in [0.717, 1.165) is 17.8 Å². The molecule has 15 heteroatoms. The average molecular weight is 450 g/mol. The fourth-order valence-electron chi connectivity index (χ4n) is 1.98. The molecule has 0 saturated carbocycles. The monoisotopic (exact) mass is 450 g/mol. The van der Waals surface area contributed by atoms with E-state index < -0.39 is 28.1 Å². The van der Waals surface area contributed by atoms with Crippen molar-refractivity contribution in [1.29, 1.82) is 0 Å². The van der Waals surface area contributed by atoms with Crippen LogP contribution in [0.1, 0.15) is 17.7 Å². The van der Waals surface area contributed by atoms with Gasteiger partial charge in [-0.25, -0.2) is 32.0 Å². The molecular weight excluding hydrogens is 434 g/mol. The zero-order valence-corrected chi connectivity index (χ0v) is 16.2. The van der Waals surface area contributed by atoms with Crippen molar-refractivity contribution in [3.8, 4) is 0 Å². The molecule has 0 aliphatic rings. The number of nitrogens with zero attached hydrogens (tertiary/aromatic N) is 3. The number of primary sulfonamides is 1. The van der Waals surface area contributed by atoms with E-state index in [9.17, 15) is 27.2 Å². The van der Waals surface area contributed by atoms with Gasteiger partial charge in [0.25, 0.3) is 6.43 Å². The number of aromatic nitrogens is 2. The number of hydrogen-bond donors (Lipinski definition) is 4. The Hall–Kier alpha value is -2.62. The summed E-state index contributed by atoms with van der Waals surface area (Å²) < 4.78 is 51.9. The Morgan fingerprint density at radius 3 is 2.79 bits per heavy atom. The molecule has 1 heterocycles. The number of halogens is 2. The number of benzene rings is 1. The molecule has 11 nitrogen and oxygen atoms in total. The summed E-state index contributed by atoms with van der Waals surface area (Å²) in [6, 6.07) is 5.21. The number of amidine groups is 1. The molecule has 1 amide bonds. The SMILES string of the molecule is NS(=O)(=O)CC(=O)NCCSc1nonc1C(=Nc1cccc(C(F)F)c1)NO. The summed E-state index contributed by atoms with van der Waals surface area (Å²) in [4.78, 5) is 15.4. The number of carbonyl (C=O) groups excluding carboxylic acids is 1. The Morgan fingerprint density at radius 2 is 2.14 bits per heavy atom. The summed E-state index contributed by atoms with van der Waals surface area (Å²) in [5.41, 5.74) is 1.71. The van der Waals surface area contributed by atoms with E-state index >= 15 is 0 Å². The minimum absolute atomic E-state index is 0.0100. The number of nitrogens with one attached hydrogen (secondary N) is 2. The van der Waals surface area contributed by atoms with E-state index in [2.05, 4.69) is 25.3 Å². The van der Waals surface area contributed by atoms with Crippen LogP contribution in [-0.4, -0.2) is 53.7 Å². The van der Waals surface area contributed by atoms with Gasteiger partial charge in [0.2, 0.25) is 15.9 Å². The van der Waals surface area contributed by atoms with Crippen molar-refractivity contribution in [3.05, 3.63) is 35.5 Å². The van der Waals surface area contributed by atoms with Crippen molar-refractivity contribution >= 4 is 39.2 Å². The van der Waals surface area contributed by atoms with Crippen molar-refractivity contribution in [2.24, 2.45) is 10.1 Å². The molecule has 0 saturated heterocycles. The normalized spacial score (nSPS) is 12.2. The van der Waals surface area contributed by atoms with Gasteiger partial charge < -0.3 is 5.32 Å². The van der Waals surface area contributed by atoms with Gasteiger partial charge >= 0.3 is 0 Å². The van der Waals surface area contributed by atoms with Crippen molar-refractivity contribution in [2.75, 3.05) is 18.1 Å². The Balaban J connectivity index is 2.03. The van der Waals surface area contributed by atoms with E-state index in [1.54, 1.807) is 0 Å². The number of hydroxylamine groups is 1. The molecule has 0 aliphatic carbocycles. The van der Waals surface area contributed by atoms with Gasteiger partial charge in [-0.15, -0.1) is 0 Å². The molecule has 2 rings (SSSR count). The predicted molar refractivity (Wildman–Crippen MR) is 98.5 cm³/mol. The minimum atomic E-state index is -3.92. The highest BCUT2D eigenvalue weighted by Crippen LogP contribution is 2.25. The Bertz CT molecular complexity index is 982. The van der Waals surface area contributed by atoms with Gasteiger partial charge in [-0.3, -0.25) is 15.5 Å². The Morgan fingerprint density at radius 1 is 1.38 bits per heavy atom. The summed E-state index contributed by atoms with van der Waals surface area (Å²) in [7, 11) is -3.92. The maximum Gasteiger partial charge on any atom is 0.263 e. The molecule has 0 radical (unpaired) electrons. The second-order valence-electron chi connectivity index (χ2n) is 5.39. The molecule has 29 heavy (non-hydrogen) atoms. The van der Waals surface area contributed by atoms with Crippen LogP contribution in [0.4, 0.5) is 14.5 Å². The van der Waals surface area contributed by atoms with Gasteiger partial charge in [0.1, 0.15) is 5.75 Å². The van der Waals surface area contributed by atoms with Crippen LogP contribution in [-0.2, 0) is 14.8 Å². The van der Waals surface area contributed by atoms with Gasteiger partial charge in [0.05, 0.1) is 5.69 Å². The molecule has 0 spiro atoms. The lowest BCUT2D eigenvalue weighted by Crippen LogP contribution is -2.34. The highest BCUT2D eigenvalue weighted by molar-refractivity contribution is 7.99. The van der Waals surface area contributed by atoms with Crippen molar-refractivity contribution in [1.82, 2.24) is 21.1 Å². The highest BCUT2D eigenvalue weighted by Gasteiger charge is 2.18. The second-order valence-corrected chi connectivity index (χ2v) is 8.09. The maximum absolute atomic E-state index is 12.8. The molecular formula is C14H16F2N6O5S2. The number of sulfonamides is 1. The van der Waals surface area contributed by atoms with Crippen LogP contribution >= 0.6 is 11.8 Å². The molecule has 1 aromatic heterocycles. The molecule has 0 aliphatic heterocycles. The van der Waals surface area contributed by atoms with Crippen molar-refractivity contribution in [3.63, 3.8) is 0 Å². The zero-order chi connectivity index (χ0) is 21.4. The molecule has 1 aromatic carbocycles. The van der Waals surface area contributed by atoms with Gasteiger partial charge in [-0.2, -0.15) is 0 Å². The number of hydrogen-bond acceptors (Lipinski definition) is 9. The maximum atomic E-state index is 12.8. The summed E-state index contributed by atoms with van der Waals surface area (Å²) >= 11 is 1.06. The number of aliphatic imine (C=N–C) groups is 1. The van der Waals surface area contributed by atoms with Crippen LogP contribution in [0.2, 0.25) is 0 Å². The summed E-state index contributed by atoms with van der Waals surface area (Å²) in [6.45, 7) is 0.0841. The lowest BCUT2D eigenvalue weighted by atomic mass is 10.2. The summed E-state index contributed by atoms with van der Waals surface area (Å²) in [5.74, 6) is -1.54. The Labute approximate surface area is 167 Å². The van der Waals surface area contributed by atoms with Gasteiger partial charge in [-0.05, 0) is 22.4 Å².